The molecule has 108 valence electrons. The number of rotatable bonds is 6. The molecule has 0 aromatic carbocycles. The summed E-state index contributed by atoms with van der Waals surface area (Å²) in [6, 6.07) is 6.22. The predicted molar refractivity (Wildman–Crippen MR) is 80.3 cm³/mol. The Bertz CT molecular complexity index is 534. The Morgan fingerprint density at radius 3 is 2.75 bits per heavy atom. The van der Waals surface area contributed by atoms with Gasteiger partial charge in [-0.25, -0.2) is 0 Å². The molecule has 0 fully saturated rings. The van der Waals surface area contributed by atoms with Crippen molar-refractivity contribution in [3.05, 3.63) is 47.5 Å². The minimum atomic E-state index is 0.201. The first-order chi connectivity index (χ1) is 9.61. The van der Waals surface area contributed by atoms with E-state index in [0.29, 0.717) is 6.54 Å². The summed E-state index contributed by atoms with van der Waals surface area (Å²) in [5.74, 6) is 0. The highest BCUT2D eigenvalue weighted by Gasteiger charge is 2.19. The highest BCUT2D eigenvalue weighted by molar-refractivity contribution is 5.20. The van der Waals surface area contributed by atoms with Crippen LogP contribution in [0.2, 0.25) is 0 Å². The van der Waals surface area contributed by atoms with Crippen LogP contribution in [0.4, 0.5) is 0 Å². The summed E-state index contributed by atoms with van der Waals surface area (Å²) in [5, 5.41) is 4.40. The maximum atomic E-state index is 5.96. The fourth-order valence-corrected chi connectivity index (χ4v) is 2.48. The van der Waals surface area contributed by atoms with E-state index in [4.69, 9.17) is 5.73 Å². The quantitative estimate of drug-likeness (QED) is 0.862. The Balaban J connectivity index is 2.02. The van der Waals surface area contributed by atoms with Crippen molar-refractivity contribution in [3.8, 4) is 0 Å². The molecule has 5 heteroatoms. The molecular formula is C15H23N5. The van der Waals surface area contributed by atoms with Crippen LogP contribution in [-0.4, -0.2) is 39.8 Å². The molecule has 0 radical (unpaired) electrons. The predicted octanol–water partition coefficient (Wildman–Crippen LogP) is 1.30. The Morgan fingerprint density at radius 1 is 1.40 bits per heavy atom. The molecule has 1 atom stereocenters. The normalized spacial score (nSPS) is 12.8. The third kappa shape index (κ3) is 3.43. The SMILES string of the molecule is Cc1nn(C)cc1C(CN)N(C)CCc1ccccn1. The van der Waals surface area contributed by atoms with E-state index in [1.54, 1.807) is 0 Å². The topological polar surface area (TPSA) is 60.0 Å². The number of pyridine rings is 1. The van der Waals surface area contributed by atoms with Crippen molar-refractivity contribution in [1.82, 2.24) is 19.7 Å². The average molecular weight is 273 g/mol. The van der Waals surface area contributed by atoms with Gasteiger partial charge < -0.3 is 5.73 Å². The van der Waals surface area contributed by atoms with Gasteiger partial charge in [0.15, 0.2) is 0 Å². The van der Waals surface area contributed by atoms with Crippen molar-refractivity contribution in [2.75, 3.05) is 20.1 Å². The standard InChI is InChI=1S/C15H23N5/c1-12-14(11-20(3)18-12)15(10-16)19(2)9-7-13-6-4-5-8-17-13/h4-6,8,11,15H,7,9-10,16H2,1-3H3. The van der Waals surface area contributed by atoms with Crippen LogP contribution in [0.5, 0.6) is 0 Å². The number of nitrogens with zero attached hydrogens (tertiary/aromatic N) is 4. The van der Waals surface area contributed by atoms with E-state index in [0.717, 1.165) is 24.4 Å². The lowest BCUT2D eigenvalue weighted by Gasteiger charge is -2.26. The summed E-state index contributed by atoms with van der Waals surface area (Å²) in [7, 11) is 4.05. The molecule has 0 aliphatic rings. The average Bonchev–Trinajstić information content (AvgIpc) is 2.77. The molecule has 2 rings (SSSR count). The van der Waals surface area contributed by atoms with Gasteiger partial charge in [-0.2, -0.15) is 5.10 Å². The highest BCUT2D eigenvalue weighted by atomic mass is 15.3. The first-order valence-electron chi connectivity index (χ1n) is 6.92. The van der Waals surface area contributed by atoms with Crippen molar-refractivity contribution in [2.45, 2.75) is 19.4 Å². The summed E-state index contributed by atoms with van der Waals surface area (Å²) < 4.78 is 1.85. The van der Waals surface area contributed by atoms with Crippen LogP contribution in [0.3, 0.4) is 0 Å². The molecule has 0 spiro atoms. The molecule has 0 saturated heterocycles. The molecule has 2 aromatic rings. The maximum Gasteiger partial charge on any atom is 0.0641 e. The molecule has 0 amide bonds. The molecule has 0 saturated carbocycles. The van der Waals surface area contributed by atoms with Crippen molar-refractivity contribution >= 4 is 0 Å². The molecule has 2 heterocycles. The van der Waals surface area contributed by atoms with Gasteiger partial charge in [0.05, 0.1) is 11.7 Å². The van der Waals surface area contributed by atoms with Crippen LogP contribution >= 0.6 is 0 Å². The number of likely N-dealkylation sites (N-methyl/N-ethyl adjacent to an activating group) is 1. The monoisotopic (exact) mass is 273 g/mol. The first-order valence-corrected chi connectivity index (χ1v) is 6.92. The van der Waals surface area contributed by atoms with Crippen LogP contribution in [0.25, 0.3) is 0 Å². The molecule has 5 nitrogen and oxygen atoms in total. The number of hydrogen-bond acceptors (Lipinski definition) is 4. The summed E-state index contributed by atoms with van der Waals surface area (Å²) >= 11 is 0. The van der Waals surface area contributed by atoms with Crippen LogP contribution in [0.15, 0.2) is 30.6 Å². The van der Waals surface area contributed by atoms with Crippen LogP contribution in [0, 0.1) is 6.92 Å². The first kappa shape index (κ1) is 14.7. The number of hydrogen-bond donors (Lipinski definition) is 1. The minimum absolute atomic E-state index is 0.201. The van der Waals surface area contributed by atoms with E-state index >= 15 is 0 Å². The number of aromatic nitrogens is 3. The summed E-state index contributed by atoms with van der Waals surface area (Å²) in [6.07, 6.45) is 4.82. The Labute approximate surface area is 120 Å². The van der Waals surface area contributed by atoms with Gasteiger partial charge >= 0.3 is 0 Å². The summed E-state index contributed by atoms with van der Waals surface area (Å²) in [4.78, 5) is 6.63. The van der Waals surface area contributed by atoms with E-state index in [2.05, 4.69) is 34.3 Å². The Kier molecular flexibility index (Phi) is 4.87. The maximum absolute atomic E-state index is 5.96. The van der Waals surface area contributed by atoms with E-state index in [1.165, 1.54) is 5.56 Å². The Hall–Kier alpha value is -1.72. The van der Waals surface area contributed by atoms with E-state index in [-0.39, 0.29) is 6.04 Å². The second-order valence-electron chi connectivity index (χ2n) is 5.15. The largest absolute Gasteiger partial charge is 0.329 e. The van der Waals surface area contributed by atoms with Gasteiger partial charge in [0.2, 0.25) is 0 Å². The van der Waals surface area contributed by atoms with Crippen LogP contribution in [0.1, 0.15) is 23.0 Å². The van der Waals surface area contributed by atoms with Gasteiger partial charge in [-0.05, 0) is 26.1 Å². The molecule has 0 bridgehead atoms. The molecule has 2 N–H and O–H groups in total. The molecule has 0 aliphatic heterocycles. The molecule has 1 unspecified atom stereocenters. The van der Waals surface area contributed by atoms with Gasteiger partial charge in [-0.3, -0.25) is 14.6 Å². The lowest BCUT2D eigenvalue weighted by molar-refractivity contribution is 0.251. The number of nitrogens with two attached hydrogens (primary N) is 1. The molecular weight excluding hydrogens is 250 g/mol. The third-order valence-corrected chi connectivity index (χ3v) is 3.61. The zero-order chi connectivity index (χ0) is 14.5. The highest BCUT2D eigenvalue weighted by Crippen LogP contribution is 2.21. The Morgan fingerprint density at radius 2 is 2.20 bits per heavy atom. The van der Waals surface area contributed by atoms with E-state index in [1.807, 2.05) is 37.0 Å². The smallest absolute Gasteiger partial charge is 0.0641 e. The van der Waals surface area contributed by atoms with Crippen molar-refractivity contribution < 1.29 is 0 Å². The molecule has 2 aromatic heterocycles. The second kappa shape index (κ2) is 6.63. The van der Waals surface area contributed by atoms with Gasteiger partial charge in [0, 0.05) is 50.2 Å². The minimum Gasteiger partial charge on any atom is -0.329 e. The third-order valence-electron chi connectivity index (χ3n) is 3.61. The zero-order valence-electron chi connectivity index (χ0n) is 12.5. The molecule has 20 heavy (non-hydrogen) atoms. The van der Waals surface area contributed by atoms with Crippen molar-refractivity contribution in [3.63, 3.8) is 0 Å². The van der Waals surface area contributed by atoms with Gasteiger partial charge in [0.25, 0.3) is 0 Å². The second-order valence-corrected chi connectivity index (χ2v) is 5.15. The fraction of sp³-hybridized carbons (Fsp3) is 0.467. The summed E-state index contributed by atoms with van der Waals surface area (Å²) in [6.45, 7) is 3.54. The summed E-state index contributed by atoms with van der Waals surface area (Å²) in [5.41, 5.74) is 9.32. The van der Waals surface area contributed by atoms with Gasteiger partial charge in [0.1, 0.15) is 0 Å². The van der Waals surface area contributed by atoms with Crippen LogP contribution < -0.4 is 5.73 Å². The van der Waals surface area contributed by atoms with Crippen molar-refractivity contribution in [1.29, 1.82) is 0 Å². The lowest BCUT2D eigenvalue weighted by Crippen LogP contribution is -2.32. The van der Waals surface area contributed by atoms with Crippen LogP contribution in [-0.2, 0) is 13.5 Å². The fourth-order valence-electron chi connectivity index (χ4n) is 2.48. The zero-order valence-corrected chi connectivity index (χ0v) is 12.5. The van der Waals surface area contributed by atoms with E-state index in [9.17, 15) is 0 Å². The number of aryl methyl sites for hydroxylation is 2. The van der Waals surface area contributed by atoms with E-state index < -0.39 is 0 Å². The van der Waals surface area contributed by atoms with Gasteiger partial charge in [-0.15, -0.1) is 0 Å². The van der Waals surface area contributed by atoms with Gasteiger partial charge in [-0.1, -0.05) is 6.07 Å². The van der Waals surface area contributed by atoms with Crippen molar-refractivity contribution in [2.24, 2.45) is 12.8 Å². The molecule has 0 aliphatic carbocycles. The lowest BCUT2D eigenvalue weighted by atomic mass is 10.1.